The Morgan fingerprint density at radius 2 is 2.21 bits per heavy atom. The molecule has 0 saturated carbocycles. The Labute approximate surface area is 111 Å². The first-order chi connectivity index (χ1) is 9.22. The molecule has 0 aliphatic heterocycles. The van der Waals surface area contributed by atoms with Gasteiger partial charge < -0.3 is 15.8 Å². The number of nitrogens with zero attached hydrogens (tertiary/aromatic N) is 2. The van der Waals surface area contributed by atoms with Gasteiger partial charge in [-0.1, -0.05) is 0 Å². The van der Waals surface area contributed by atoms with Crippen LogP contribution in [-0.4, -0.2) is 12.1 Å². The van der Waals surface area contributed by atoms with E-state index in [9.17, 15) is 0 Å². The molecule has 19 heavy (non-hydrogen) atoms. The Kier molecular flexibility index (Phi) is 3.84. The van der Waals surface area contributed by atoms with E-state index in [1.165, 1.54) is 0 Å². The molecular weight excluding hydrogens is 240 g/mol. The van der Waals surface area contributed by atoms with Crippen LogP contribution in [0.3, 0.4) is 0 Å². The fourth-order valence-corrected chi connectivity index (χ4v) is 1.65. The topological polar surface area (TPSA) is 84.0 Å². The van der Waals surface area contributed by atoms with Gasteiger partial charge in [0.1, 0.15) is 0 Å². The zero-order valence-electron chi connectivity index (χ0n) is 10.6. The summed E-state index contributed by atoms with van der Waals surface area (Å²) in [6, 6.07) is 11.0. The molecule has 0 saturated heterocycles. The zero-order valence-corrected chi connectivity index (χ0v) is 10.6. The first-order valence-corrected chi connectivity index (χ1v) is 5.75. The van der Waals surface area contributed by atoms with Crippen molar-refractivity contribution in [3.63, 3.8) is 0 Å². The Hall–Kier alpha value is -2.74. The monoisotopic (exact) mass is 254 g/mol. The van der Waals surface area contributed by atoms with Crippen molar-refractivity contribution in [2.45, 2.75) is 6.54 Å². The van der Waals surface area contributed by atoms with E-state index in [4.69, 9.17) is 15.7 Å². The molecule has 0 spiro atoms. The van der Waals surface area contributed by atoms with Gasteiger partial charge >= 0.3 is 0 Å². The largest absolute Gasteiger partial charge is 0.481 e. The Morgan fingerprint density at radius 1 is 1.37 bits per heavy atom. The quantitative estimate of drug-likeness (QED) is 0.817. The van der Waals surface area contributed by atoms with Crippen molar-refractivity contribution in [3.8, 4) is 11.9 Å². The molecule has 1 aromatic heterocycles. The average molecular weight is 254 g/mol. The predicted molar refractivity (Wildman–Crippen MR) is 73.7 cm³/mol. The number of ether oxygens (including phenoxy) is 1. The van der Waals surface area contributed by atoms with Gasteiger partial charge in [-0.05, 0) is 29.8 Å². The summed E-state index contributed by atoms with van der Waals surface area (Å²) < 4.78 is 5.06. The number of hydrogen-bond acceptors (Lipinski definition) is 5. The molecule has 96 valence electrons. The standard InChI is InChI=1S/C14H14N4O/c1-19-14-7-11(4-5-17-14)9-18-13-6-10(8-15)2-3-12(13)16/h2-7,18H,9,16H2,1H3. The average Bonchev–Trinajstić information content (AvgIpc) is 2.46. The number of nitrogens with two attached hydrogens (primary N) is 1. The Morgan fingerprint density at radius 3 is 2.95 bits per heavy atom. The Balaban J connectivity index is 2.12. The second kappa shape index (κ2) is 5.74. The lowest BCUT2D eigenvalue weighted by Crippen LogP contribution is -2.03. The molecule has 0 amide bonds. The number of nitrogens with one attached hydrogen (secondary N) is 1. The molecule has 0 unspecified atom stereocenters. The SMILES string of the molecule is COc1cc(CNc2cc(C#N)ccc2N)ccn1. The summed E-state index contributed by atoms with van der Waals surface area (Å²) in [6.45, 7) is 0.581. The van der Waals surface area contributed by atoms with Crippen molar-refractivity contribution < 1.29 is 4.74 Å². The third-order valence-electron chi connectivity index (χ3n) is 2.67. The number of hydrogen-bond donors (Lipinski definition) is 2. The molecule has 2 aromatic rings. The molecule has 3 N–H and O–H groups in total. The van der Waals surface area contributed by atoms with Gasteiger partial charge in [-0.2, -0.15) is 5.26 Å². The van der Waals surface area contributed by atoms with E-state index < -0.39 is 0 Å². The molecule has 0 bridgehead atoms. The van der Waals surface area contributed by atoms with E-state index in [1.54, 1.807) is 31.5 Å². The number of methoxy groups -OCH3 is 1. The van der Waals surface area contributed by atoms with E-state index in [2.05, 4.69) is 16.4 Å². The summed E-state index contributed by atoms with van der Waals surface area (Å²) in [5, 5.41) is 12.1. The number of aromatic nitrogens is 1. The van der Waals surface area contributed by atoms with E-state index in [-0.39, 0.29) is 0 Å². The van der Waals surface area contributed by atoms with Gasteiger partial charge in [0.25, 0.3) is 0 Å². The van der Waals surface area contributed by atoms with Crippen LogP contribution in [0.2, 0.25) is 0 Å². The third-order valence-corrected chi connectivity index (χ3v) is 2.67. The lowest BCUT2D eigenvalue weighted by molar-refractivity contribution is 0.397. The molecule has 5 heteroatoms. The van der Waals surface area contributed by atoms with E-state index >= 15 is 0 Å². The summed E-state index contributed by atoms with van der Waals surface area (Å²) in [5.41, 5.74) is 8.81. The maximum absolute atomic E-state index is 8.86. The van der Waals surface area contributed by atoms with Crippen LogP contribution < -0.4 is 15.8 Å². The van der Waals surface area contributed by atoms with Crippen molar-refractivity contribution in [3.05, 3.63) is 47.7 Å². The van der Waals surface area contributed by atoms with Crippen LogP contribution in [0.4, 0.5) is 11.4 Å². The van der Waals surface area contributed by atoms with Gasteiger partial charge in [0.05, 0.1) is 30.1 Å². The number of benzene rings is 1. The second-order valence-electron chi connectivity index (χ2n) is 3.97. The van der Waals surface area contributed by atoms with E-state index in [0.29, 0.717) is 23.7 Å². The lowest BCUT2D eigenvalue weighted by Gasteiger charge is -2.10. The van der Waals surface area contributed by atoms with Crippen molar-refractivity contribution in [1.82, 2.24) is 4.98 Å². The number of nitrogen functional groups attached to an aromatic ring is 1. The van der Waals surface area contributed by atoms with Crippen LogP contribution in [0.15, 0.2) is 36.5 Å². The van der Waals surface area contributed by atoms with Crippen LogP contribution in [0, 0.1) is 11.3 Å². The van der Waals surface area contributed by atoms with Crippen LogP contribution in [-0.2, 0) is 6.54 Å². The van der Waals surface area contributed by atoms with Crippen molar-refractivity contribution >= 4 is 11.4 Å². The summed E-state index contributed by atoms with van der Waals surface area (Å²) in [6.07, 6.45) is 1.69. The normalized spacial score (nSPS) is 9.68. The minimum atomic E-state index is 0.568. The van der Waals surface area contributed by atoms with Gasteiger partial charge in [-0.15, -0.1) is 0 Å². The summed E-state index contributed by atoms with van der Waals surface area (Å²) >= 11 is 0. The van der Waals surface area contributed by atoms with Crippen molar-refractivity contribution in [1.29, 1.82) is 5.26 Å². The van der Waals surface area contributed by atoms with Gasteiger partial charge in [-0.25, -0.2) is 4.98 Å². The summed E-state index contributed by atoms with van der Waals surface area (Å²) in [4.78, 5) is 4.04. The molecule has 0 fully saturated rings. The van der Waals surface area contributed by atoms with Crippen LogP contribution in [0.25, 0.3) is 0 Å². The second-order valence-corrected chi connectivity index (χ2v) is 3.97. The van der Waals surface area contributed by atoms with Crippen LogP contribution >= 0.6 is 0 Å². The highest BCUT2D eigenvalue weighted by Crippen LogP contribution is 2.20. The predicted octanol–water partition coefficient (Wildman–Crippen LogP) is 2.16. The molecule has 2 rings (SSSR count). The molecule has 1 heterocycles. The van der Waals surface area contributed by atoms with Gasteiger partial charge in [0.2, 0.25) is 5.88 Å². The molecule has 5 nitrogen and oxygen atoms in total. The first kappa shape index (κ1) is 12.7. The van der Waals surface area contributed by atoms with Crippen LogP contribution in [0.1, 0.15) is 11.1 Å². The third kappa shape index (κ3) is 3.13. The minimum absolute atomic E-state index is 0.568. The molecule has 1 aromatic carbocycles. The lowest BCUT2D eigenvalue weighted by atomic mass is 10.2. The molecule has 0 aliphatic carbocycles. The van der Waals surface area contributed by atoms with Crippen molar-refractivity contribution in [2.75, 3.05) is 18.2 Å². The maximum Gasteiger partial charge on any atom is 0.213 e. The smallest absolute Gasteiger partial charge is 0.213 e. The van der Waals surface area contributed by atoms with Crippen LogP contribution in [0.5, 0.6) is 5.88 Å². The highest BCUT2D eigenvalue weighted by atomic mass is 16.5. The fourth-order valence-electron chi connectivity index (χ4n) is 1.65. The van der Waals surface area contributed by atoms with Crippen molar-refractivity contribution in [2.24, 2.45) is 0 Å². The maximum atomic E-state index is 8.86. The van der Waals surface area contributed by atoms with E-state index in [1.807, 2.05) is 12.1 Å². The molecule has 0 aliphatic rings. The van der Waals surface area contributed by atoms with Gasteiger partial charge in [0.15, 0.2) is 0 Å². The zero-order chi connectivity index (χ0) is 13.7. The highest BCUT2D eigenvalue weighted by Gasteiger charge is 2.02. The van der Waals surface area contributed by atoms with Gasteiger partial charge in [-0.3, -0.25) is 0 Å². The number of rotatable bonds is 4. The molecule has 0 atom stereocenters. The molecular formula is C14H14N4O. The number of pyridine rings is 1. The Bertz CT molecular complexity index is 619. The molecule has 0 radical (unpaired) electrons. The summed E-state index contributed by atoms with van der Waals surface area (Å²) in [5.74, 6) is 0.568. The first-order valence-electron chi connectivity index (χ1n) is 5.75. The summed E-state index contributed by atoms with van der Waals surface area (Å²) in [7, 11) is 1.58. The number of nitriles is 1. The highest BCUT2D eigenvalue weighted by molar-refractivity contribution is 5.68. The van der Waals surface area contributed by atoms with E-state index in [0.717, 1.165) is 11.3 Å². The number of anilines is 2. The van der Waals surface area contributed by atoms with Gasteiger partial charge in [0, 0.05) is 18.8 Å². The fraction of sp³-hybridized carbons (Fsp3) is 0.143. The minimum Gasteiger partial charge on any atom is -0.481 e.